The molecule has 0 aliphatic rings. The van der Waals surface area contributed by atoms with Gasteiger partial charge in [-0.1, -0.05) is 15.9 Å². The van der Waals surface area contributed by atoms with Gasteiger partial charge < -0.3 is 11.1 Å². The van der Waals surface area contributed by atoms with Crippen LogP contribution < -0.4 is 11.1 Å². The third-order valence-electron chi connectivity index (χ3n) is 2.10. The van der Waals surface area contributed by atoms with Crippen LogP contribution in [0.4, 0.5) is 5.82 Å². The van der Waals surface area contributed by atoms with Crippen molar-refractivity contribution in [3.05, 3.63) is 34.8 Å². The Labute approximate surface area is 96.8 Å². The molecule has 15 heavy (non-hydrogen) atoms. The number of hydrogen-bond donors (Lipinski definition) is 2. The van der Waals surface area contributed by atoms with E-state index in [-0.39, 0.29) is 0 Å². The SMILES string of the molecule is NCCNc1ccc2cc(Br)ccc2n1. The highest BCUT2D eigenvalue weighted by Crippen LogP contribution is 2.19. The summed E-state index contributed by atoms with van der Waals surface area (Å²) >= 11 is 3.43. The van der Waals surface area contributed by atoms with Crippen molar-refractivity contribution < 1.29 is 0 Å². The molecule has 0 atom stereocenters. The number of aromatic nitrogens is 1. The number of fused-ring (bicyclic) bond motifs is 1. The van der Waals surface area contributed by atoms with E-state index in [1.807, 2.05) is 24.3 Å². The van der Waals surface area contributed by atoms with Gasteiger partial charge in [-0.2, -0.15) is 0 Å². The molecule has 0 saturated heterocycles. The van der Waals surface area contributed by atoms with E-state index in [9.17, 15) is 0 Å². The Balaban J connectivity index is 2.34. The van der Waals surface area contributed by atoms with Crippen molar-refractivity contribution in [2.45, 2.75) is 0 Å². The molecule has 4 heteroatoms. The third kappa shape index (κ3) is 2.46. The molecule has 1 heterocycles. The Morgan fingerprint density at radius 1 is 1.27 bits per heavy atom. The minimum absolute atomic E-state index is 0.611. The zero-order chi connectivity index (χ0) is 10.7. The van der Waals surface area contributed by atoms with Gasteiger partial charge in [0.2, 0.25) is 0 Å². The van der Waals surface area contributed by atoms with Gasteiger partial charge in [0.1, 0.15) is 5.82 Å². The highest BCUT2D eigenvalue weighted by atomic mass is 79.9. The topological polar surface area (TPSA) is 50.9 Å². The number of rotatable bonds is 3. The quantitative estimate of drug-likeness (QED) is 0.896. The van der Waals surface area contributed by atoms with E-state index in [0.29, 0.717) is 6.54 Å². The summed E-state index contributed by atoms with van der Waals surface area (Å²) in [6.07, 6.45) is 0. The van der Waals surface area contributed by atoms with E-state index >= 15 is 0 Å². The van der Waals surface area contributed by atoms with Gasteiger partial charge in [0.05, 0.1) is 5.52 Å². The number of hydrogen-bond acceptors (Lipinski definition) is 3. The number of halogens is 1. The van der Waals surface area contributed by atoms with Crippen molar-refractivity contribution in [3.63, 3.8) is 0 Å². The van der Waals surface area contributed by atoms with Crippen LogP contribution in [-0.2, 0) is 0 Å². The van der Waals surface area contributed by atoms with E-state index in [0.717, 1.165) is 27.7 Å². The molecule has 1 aromatic carbocycles. The molecule has 2 aromatic rings. The lowest BCUT2D eigenvalue weighted by molar-refractivity contribution is 1.01. The van der Waals surface area contributed by atoms with Gasteiger partial charge in [-0.05, 0) is 30.3 Å². The Bertz CT molecular complexity index is 470. The molecular weight excluding hydrogens is 254 g/mol. The summed E-state index contributed by atoms with van der Waals surface area (Å²) in [4.78, 5) is 4.47. The second-order valence-corrected chi connectivity index (χ2v) is 4.16. The van der Waals surface area contributed by atoms with E-state index in [1.54, 1.807) is 0 Å². The summed E-state index contributed by atoms with van der Waals surface area (Å²) in [6.45, 7) is 1.36. The molecule has 3 N–H and O–H groups in total. The van der Waals surface area contributed by atoms with Gasteiger partial charge in [-0.25, -0.2) is 4.98 Å². The van der Waals surface area contributed by atoms with E-state index in [1.165, 1.54) is 0 Å². The zero-order valence-corrected chi connectivity index (χ0v) is 9.79. The first-order chi connectivity index (χ1) is 7.29. The third-order valence-corrected chi connectivity index (χ3v) is 2.59. The van der Waals surface area contributed by atoms with Crippen LogP contribution >= 0.6 is 15.9 Å². The van der Waals surface area contributed by atoms with E-state index < -0.39 is 0 Å². The van der Waals surface area contributed by atoms with Crippen LogP contribution in [0.15, 0.2) is 34.8 Å². The maximum absolute atomic E-state index is 5.41. The lowest BCUT2D eigenvalue weighted by atomic mass is 10.2. The van der Waals surface area contributed by atoms with Gasteiger partial charge in [0.15, 0.2) is 0 Å². The fourth-order valence-corrected chi connectivity index (χ4v) is 1.77. The van der Waals surface area contributed by atoms with Crippen molar-refractivity contribution in [1.29, 1.82) is 0 Å². The summed E-state index contributed by atoms with van der Waals surface area (Å²) < 4.78 is 1.07. The fourth-order valence-electron chi connectivity index (χ4n) is 1.40. The Kier molecular flexibility index (Phi) is 3.18. The predicted octanol–water partition coefficient (Wildman–Crippen LogP) is 2.37. The second-order valence-electron chi connectivity index (χ2n) is 3.25. The average Bonchev–Trinajstić information content (AvgIpc) is 2.26. The van der Waals surface area contributed by atoms with Gasteiger partial charge in [0.25, 0.3) is 0 Å². The summed E-state index contributed by atoms with van der Waals surface area (Å²) in [5, 5.41) is 4.28. The first-order valence-corrected chi connectivity index (χ1v) is 5.59. The number of benzene rings is 1. The van der Waals surface area contributed by atoms with Crippen LogP contribution in [0.1, 0.15) is 0 Å². The minimum Gasteiger partial charge on any atom is -0.369 e. The monoisotopic (exact) mass is 265 g/mol. The first kappa shape index (κ1) is 10.4. The van der Waals surface area contributed by atoms with Crippen LogP contribution in [-0.4, -0.2) is 18.1 Å². The molecule has 0 aliphatic heterocycles. The molecule has 0 fully saturated rings. The summed E-state index contributed by atoms with van der Waals surface area (Å²) in [5.41, 5.74) is 6.40. The molecule has 1 aromatic heterocycles. The van der Waals surface area contributed by atoms with Crippen molar-refractivity contribution in [2.24, 2.45) is 5.73 Å². The molecule has 2 rings (SSSR count). The summed E-state index contributed by atoms with van der Waals surface area (Å²) in [7, 11) is 0. The predicted molar refractivity (Wildman–Crippen MR) is 67.0 cm³/mol. The molecule has 0 unspecified atom stereocenters. The molecule has 0 spiro atoms. The number of anilines is 1. The Morgan fingerprint density at radius 3 is 2.93 bits per heavy atom. The van der Waals surface area contributed by atoms with Crippen LogP contribution in [0.5, 0.6) is 0 Å². The lowest BCUT2D eigenvalue weighted by Gasteiger charge is -2.05. The minimum atomic E-state index is 0.611. The largest absolute Gasteiger partial charge is 0.369 e. The molecule has 0 amide bonds. The van der Waals surface area contributed by atoms with Crippen LogP contribution in [0.2, 0.25) is 0 Å². The normalized spacial score (nSPS) is 10.5. The molecular formula is C11H12BrN3. The molecule has 3 nitrogen and oxygen atoms in total. The first-order valence-electron chi connectivity index (χ1n) is 4.80. The van der Waals surface area contributed by atoms with Crippen molar-refractivity contribution >= 4 is 32.7 Å². The maximum atomic E-state index is 5.41. The highest BCUT2D eigenvalue weighted by molar-refractivity contribution is 9.10. The summed E-state index contributed by atoms with van der Waals surface area (Å²) in [6, 6.07) is 10.0. The standard InChI is InChI=1S/C11H12BrN3/c12-9-2-3-10-8(7-9)1-4-11(15-10)14-6-5-13/h1-4,7H,5-6,13H2,(H,14,15). The molecule has 0 radical (unpaired) electrons. The van der Waals surface area contributed by atoms with E-state index in [4.69, 9.17) is 5.73 Å². The lowest BCUT2D eigenvalue weighted by Crippen LogP contribution is -2.13. The van der Waals surface area contributed by atoms with Gasteiger partial charge >= 0.3 is 0 Å². The van der Waals surface area contributed by atoms with E-state index in [2.05, 4.69) is 32.3 Å². The number of pyridine rings is 1. The van der Waals surface area contributed by atoms with Crippen LogP contribution in [0.25, 0.3) is 10.9 Å². The number of nitrogens with one attached hydrogen (secondary N) is 1. The second kappa shape index (κ2) is 4.59. The number of nitrogens with zero attached hydrogens (tertiary/aromatic N) is 1. The number of nitrogens with two attached hydrogens (primary N) is 1. The maximum Gasteiger partial charge on any atom is 0.126 e. The van der Waals surface area contributed by atoms with Gasteiger partial charge in [-0.3, -0.25) is 0 Å². The van der Waals surface area contributed by atoms with Crippen molar-refractivity contribution in [1.82, 2.24) is 4.98 Å². The Morgan fingerprint density at radius 2 is 2.13 bits per heavy atom. The average molecular weight is 266 g/mol. The molecule has 0 aliphatic carbocycles. The summed E-state index contributed by atoms with van der Waals surface area (Å²) in [5.74, 6) is 0.871. The van der Waals surface area contributed by atoms with Crippen LogP contribution in [0.3, 0.4) is 0 Å². The highest BCUT2D eigenvalue weighted by Gasteiger charge is 1.97. The Hall–Kier alpha value is -1.13. The van der Waals surface area contributed by atoms with Crippen molar-refractivity contribution in [2.75, 3.05) is 18.4 Å². The molecule has 0 bridgehead atoms. The molecule has 0 saturated carbocycles. The van der Waals surface area contributed by atoms with Gasteiger partial charge in [0, 0.05) is 22.9 Å². The molecule has 78 valence electrons. The van der Waals surface area contributed by atoms with Crippen molar-refractivity contribution in [3.8, 4) is 0 Å². The fraction of sp³-hybridized carbons (Fsp3) is 0.182. The van der Waals surface area contributed by atoms with Crippen LogP contribution in [0, 0.1) is 0 Å². The smallest absolute Gasteiger partial charge is 0.126 e. The van der Waals surface area contributed by atoms with Gasteiger partial charge in [-0.15, -0.1) is 0 Å². The zero-order valence-electron chi connectivity index (χ0n) is 8.20.